The summed E-state index contributed by atoms with van der Waals surface area (Å²) in [5.74, 6) is 0.546. The molecule has 0 aromatic heterocycles. The van der Waals surface area contributed by atoms with Gasteiger partial charge >= 0.3 is 0 Å². The van der Waals surface area contributed by atoms with E-state index in [1.165, 1.54) is 5.56 Å². The van der Waals surface area contributed by atoms with Crippen LogP contribution < -0.4 is 0 Å². The molecule has 0 N–H and O–H groups in total. The molecule has 4 heterocycles. The molecule has 4 saturated heterocycles. The van der Waals surface area contributed by atoms with Crippen LogP contribution in [0.5, 0.6) is 0 Å². The first-order valence-corrected chi connectivity index (χ1v) is 10.4. The van der Waals surface area contributed by atoms with E-state index < -0.39 is 11.4 Å². The first kappa shape index (κ1) is 17.7. The van der Waals surface area contributed by atoms with Crippen molar-refractivity contribution in [1.82, 2.24) is 4.90 Å². The number of likely N-dealkylation sites (tertiary alicyclic amines) is 1. The number of nitrogens with zero attached hydrogens (tertiary/aromatic N) is 1. The lowest BCUT2D eigenvalue weighted by Gasteiger charge is -2.60. The molecule has 6 rings (SSSR count). The summed E-state index contributed by atoms with van der Waals surface area (Å²) >= 11 is 0. The number of hydrogen-bond donors (Lipinski definition) is 0. The van der Waals surface area contributed by atoms with Gasteiger partial charge in [0.05, 0.1) is 0 Å². The molecule has 5 fully saturated rings. The van der Waals surface area contributed by atoms with Crippen LogP contribution in [0.2, 0.25) is 0 Å². The molecule has 1 aromatic carbocycles. The van der Waals surface area contributed by atoms with Crippen molar-refractivity contribution in [1.29, 1.82) is 0 Å². The van der Waals surface area contributed by atoms with Gasteiger partial charge in [0, 0.05) is 25.3 Å². The Morgan fingerprint density at radius 2 is 1.96 bits per heavy atom. The molecular formula is C22H29NO4. The highest BCUT2D eigenvalue weighted by Gasteiger charge is 2.68. The van der Waals surface area contributed by atoms with Crippen molar-refractivity contribution in [2.75, 3.05) is 6.54 Å². The molecule has 4 aliphatic heterocycles. The predicted octanol–water partition coefficient (Wildman–Crippen LogP) is 3.68. The molecule has 27 heavy (non-hydrogen) atoms. The molecule has 5 heteroatoms. The van der Waals surface area contributed by atoms with Crippen molar-refractivity contribution < 1.29 is 19.3 Å². The zero-order chi connectivity index (χ0) is 18.6. The minimum atomic E-state index is -0.764. The van der Waals surface area contributed by atoms with Crippen LogP contribution in [0, 0.1) is 17.8 Å². The van der Waals surface area contributed by atoms with Gasteiger partial charge in [-0.2, -0.15) is 0 Å². The maximum atomic E-state index is 13.1. The number of carbonyl (C=O) groups is 1. The number of benzene rings is 1. The summed E-state index contributed by atoms with van der Waals surface area (Å²) < 4.78 is 6.51. The zero-order valence-corrected chi connectivity index (χ0v) is 16.2. The lowest BCUT2D eigenvalue weighted by molar-refractivity contribution is -0.545. The number of rotatable bonds is 3. The van der Waals surface area contributed by atoms with Crippen LogP contribution in [0.3, 0.4) is 0 Å². The summed E-state index contributed by atoms with van der Waals surface area (Å²) in [7, 11) is 0. The van der Waals surface area contributed by atoms with E-state index in [1.54, 1.807) is 0 Å². The van der Waals surface area contributed by atoms with E-state index in [4.69, 9.17) is 14.5 Å². The van der Waals surface area contributed by atoms with Crippen LogP contribution in [0.25, 0.3) is 0 Å². The van der Waals surface area contributed by atoms with Gasteiger partial charge in [0.15, 0.2) is 11.8 Å². The summed E-state index contributed by atoms with van der Waals surface area (Å²) in [5.41, 5.74) is 0.721. The Labute approximate surface area is 160 Å². The van der Waals surface area contributed by atoms with E-state index in [-0.39, 0.29) is 18.1 Å². The number of hydrogen-bond acceptors (Lipinski definition) is 4. The molecular weight excluding hydrogens is 342 g/mol. The van der Waals surface area contributed by atoms with Crippen molar-refractivity contribution in [3.05, 3.63) is 35.9 Å². The third-order valence-electron chi connectivity index (χ3n) is 7.40. The monoisotopic (exact) mass is 371 g/mol. The van der Waals surface area contributed by atoms with E-state index in [9.17, 15) is 4.79 Å². The molecule has 0 radical (unpaired) electrons. The fourth-order valence-electron chi connectivity index (χ4n) is 5.89. The Hall–Kier alpha value is -1.43. The number of fused-ring (bicyclic) bond motifs is 2. The van der Waals surface area contributed by atoms with E-state index >= 15 is 0 Å². The van der Waals surface area contributed by atoms with Gasteiger partial charge in [-0.25, -0.2) is 9.78 Å². The van der Waals surface area contributed by atoms with Crippen LogP contribution in [-0.4, -0.2) is 35.0 Å². The Kier molecular flexibility index (Phi) is 4.12. The van der Waals surface area contributed by atoms with Crippen LogP contribution in [0.1, 0.15) is 51.5 Å². The molecule has 1 amide bonds. The third-order valence-corrected chi connectivity index (χ3v) is 7.40. The Morgan fingerprint density at radius 3 is 2.78 bits per heavy atom. The van der Waals surface area contributed by atoms with E-state index in [0.29, 0.717) is 24.8 Å². The average Bonchev–Trinajstić information content (AvgIpc) is 2.90. The van der Waals surface area contributed by atoms with Crippen molar-refractivity contribution in [3.8, 4) is 0 Å². The predicted molar refractivity (Wildman–Crippen MR) is 99.3 cm³/mol. The van der Waals surface area contributed by atoms with Crippen molar-refractivity contribution in [2.45, 2.75) is 70.0 Å². The van der Waals surface area contributed by atoms with Gasteiger partial charge in [0.1, 0.15) is 0 Å². The average molecular weight is 371 g/mol. The highest BCUT2D eigenvalue weighted by Crippen LogP contribution is 2.59. The second kappa shape index (κ2) is 6.29. The fraction of sp³-hybridized carbons (Fsp3) is 0.682. The van der Waals surface area contributed by atoms with Crippen LogP contribution in [0.15, 0.2) is 30.3 Å². The summed E-state index contributed by atoms with van der Waals surface area (Å²) in [5, 5.41) is 0. The van der Waals surface area contributed by atoms with Crippen LogP contribution in [-0.2, 0) is 25.7 Å². The number of carbonyl (C=O) groups excluding carboxylic acids is 1. The van der Waals surface area contributed by atoms with Crippen molar-refractivity contribution >= 4 is 5.91 Å². The lowest BCUT2D eigenvalue weighted by Crippen LogP contribution is -2.73. The molecule has 0 unspecified atom stereocenters. The van der Waals surface area contributed by atoms with Gasteiger partial charge in [-0.15, -0.1) is 0 Å². The molecule has 2 bridgehead atoms. The highest BCUT2D eigenvalue weighted by atomic mass is 17.3. The number of ether oxygens (including phenoxy) is 1. The van der Waals surface area contributed by atoms with Gasteiger partial charge in [-0.05, 0) is 50.0 Å². The van der Waals surface area contributed by atoms with Crippen molar-refractivity contribution in [3.63, 3.8) is 0 Å². The van der Waals surface area contributed by atoms with E-state index in [1.807, 2.05) is 30.0 Å². The second-order valence-electron chi connectivity index (χ2n) is 9.05. The molecule has 5 aliphatic rings. The van der Waals surface area contributed by atoms with Gasteiger partial charge in [-0.1, -0.05) is 37.3 Å². The standard InChI is InChI=1S/C22H29NO4/c1-15-8-9-17-14-19(24)23(13-11-16-6-4-3-5-7-16)20-22(17)18(15)10-12-21(2,25-20)26-27-22/h3-7,15,17-18,20H,8-14H2,1-2H3/t15-,17+,18+,20-,21+,22+/m1/s1. The SMILES string of the molecule is C[C@@H]1CC[C@H]2CC(=O)N(CCc3ccccc3)[C@@H]3O[C@]4(C)CC[C@@H]1[C@@]23OO4. The molecule has 6 atom stereocenters. The van der Waals surface area contributed by atoms with Gasteiger partial charge in [-0.3, -0.25) is 4.79 Å². The molecule has 1 spiro atoms. The Morgan fingerprint density at radius 1 is 1.15 bits per heavy atom. The maximum Gasteiger partial charge on any atom is 0.225 e. The number of amides is 1. The summed E-state index contributed by atoms with van der Waals surface area (Å²) in [6, 6.07) is 10.3. The molecule has 5 nitrogen and oxygen atoms in total. The number of piperidine rings is 1. The summed E-state index contributed by atoms with van der Waals surface area (Å²) in [6.07, 6.45) is 5.03. The molecule has 1 aromatic rings. The van der Waals surface area contributed by atoms with E-state index in [2.05, 4.69) is 19.1 Å². The Balaban J connectivity index is 1.49. The van der Waals surface area contributed by atoms with Gasteiger partial charge in [0.2, 0.25) is 11.7 Å². The third kappa shape index (κ3) is 2.66. The first-order chi connectivity index (χ1) is 13.0. The topological polar surface area (TPSA) is 48.0 Å². The van der Waals surface area contributed by atoms with Crippen LogP contribution in [0.4, 0.5) is 0 Å². The minimum Gasteiger partial charge on any atom is -0.321 e. The smallest absolute Gasteiger partial charge is 0.225 e. The molecule has 1 saturated carbocycles. The summed E-state index contributed by atoms with van der Waals surface area (Å²) in [4.78, 5) is 27.1. The van der Waals surface area contributed by atoms with E-state index in [0.717, 1.165) is 32.1 Å². The first-order valence-electron chi connectivity index (χ1n) is 10.4. The zero-order valence-electron chi connectivity index (χ0n) is 16.2. The summed E-state index contributed by atoms with van der Waals surface area (Å²) in [6.45, 7) is 4.93. The largest absolute Gasteiger partial charge is 0.321 e. The lowest BCUT2D eigenvalue weighted by atomic mass is 9.59. The normalized spacial score (nSPS) is 43.3. The quantitative estimate of drug-likeness (QED) is 0.761. The highest BCUT2D eigenvalue weighted by molar-refractivity contribution is 5.78. The molecule has 146 valence electrons. The maximum absolute atomic E-state index is 13.1. The van der Waals surface area contributed by atoms with Gasteiger partial charge < -0.3 is 9.64 Å². The van der Waals surface area contributed by atoms with Crippen molar-refractivity contribution in [2.24, 2.45) is 17.8 Å². The van der Waals surface area contributed by atoms with Crippen LogP contribution >= 0.6 is 0 Å². The second-order valence-corrected chi connectivity index (χ2v) is 9.05. The molecule has 1 aliphatic carbocycles. The Bertz CT molecular complexity index is 720. The fourth-order valence-corrected chi connectivity index (χ4v) is 5.89. The minimum absolute atomic E-state index is 0.187. The van der Waals surface area contributed by atoms with Gasteiger partial charge in [0.25, 0.3) is 0 Å².